The van der Waals surface area contributed by atoms with Crippen molar-refractivity contribution >= 4 is 22.9 Å². The van der Waals surface area contributed by atoms with E-state index in [2.05, 4.69) is 28.3 Å². The Morgan fingerprint density at radius 1 is 1.45 bits per heavy atom. The van der Waals surface area contributed by atoms with Crippen LogP contribution in [0.2, 0.25) is 4.34 Å². The number of H-pyrrole nitrogens is 1. The zero-order valence-electron chi connectivity index (χ0n) is 12.8. The molecule has 6 heteroatoms. The lowest BCUT2D eigenvalue weighted by Gasteiger charge is -2.45. The molecule has 0 bridgehead atoms. The fourth-order valence-electron chi connectivity index (χ4n) is 3.87. The van der Waals surface area contributed by atoms with Crippen LogP contribution in [-0.4, -0.2) is 22.6 Å². The van der Waals surface area contributed by atoms with Gasteiger partial charge in [0.25, 0.3) is 0 Å². The first-order valence-electron chi connectivity index (χ1n) is 7.76. The third kappa shape index (κ3) is 2.40. The van der Waals surface area contributed by atoms with Gasteiger partial charge in [-0.1, -0.05) is 11.6 Å². The standard InChI is InChI=1S/C16H20ClN3OS/c1-9-6-16(7-12(19-9)13-8-18-10(2)20-13)15-11(3-4-21-16)5-14(17)22-15/h5,8-9,12,19H,3-4,6-7H2,1-2H3,(H,18,20)/t9-,12-,16-/m0/s1. The number of nitrogens with zero attached hydrogens (tertiary/aromatic N) is 1. The van der Waals surface area contributed by atoms with Crippen molar-refractivity contribution in [1.82, 2.24) is 15.3 Å². The molecule has 4 rings (SSSR count). The van der Waals surface area contributed by atoms with Crippen molar-refractivity contribution in [3.8, 4) is 0 Å². The number of imidazole rings is 1. The van der Waals surface area contributed by atoms with E-state index < -0.39 is 0 Å². The largest absolute Gasteiger partial charge is 0.369 e. The summed E-state index contributed by atoms with van der Waals surface area (Å²) < 4.78 is 7.22. The maximum atomic E-state index is 6.35. The van der Waals surface area contributed by atoms with E-state index in [1.54, 1.807) is 11.3 Å². The van der Waals surface area contributed by atoms with Crippen LogP contribution in [0.1, 0.15) is 47.8 Å². The molecule has 0 aromatic carbocycles. The summed E-state index contributed by atoms with van der Waals surface area (Å²) in [6, 6.07) is 2.70. The number of aryl methyl sites for hydroxylation is 1. The van der Waals surface area contributed by atoms with Gasteiger partial charge in [0.05, 0.1) is 22.7 Å². The molecule has 22 heavy (non-hydrogen) atoms. The summed E-state index contributed by atoms with van der Waals surface area (Å²) in [7, 11) is 0. The minimum Gasteiger partial charge on any atom is -0.369 e. The molecule has 0 radical (unpaired) electrons. The summed E-state index contributed by atoms with van der Waals surface area (Å²) in [5.41, 5.74) is 2.22. The summed E-state index contributed by atoms with van der Waals surface area (Å²) >= 11 is 7.96. The van der Waals surface area contributed by atoms with E-state index in [1.165, 1.54) is 10.4 Å². The molecule has 2 aromatic rings. The van der Waals surface area contributed by atoms with Crippen LogP contribution < -0.4 is 5.32 Å². The van der Waals surface area contributed by atoms with Gasteiger partial charge < -0.3 is 15.0 Å². The Morgan fingerprint density at radius 2 is 2.32 bits per heavy atom. The molecular weight excluding hydrogens is 318 g/mol. The highest BCUT2D eigenvalue weighted by molar-refractivity contribution is 7.16. The fraction of sp³-hybridized carbons (Fsp3) is 0.562. The molecule has 0 unspecified atom stereocenters. The first kappa shape index (κ1) is 14.7. The first-order chi connectivity index (χ1) is 10.6. The van der Waals surface area contributed by atoms with Crippen LogP contribution in [0.4, 0.5) is 0 Å². The van der Waals surface area contributed by atoms with E-state index in [9.17, 15) is 0 Å². The monoisotopic (exact) mass is 337 g/mol. The number of nitrogens with one attached hydrogen (secondary N) is 2. The molecule has 2 aliphatic rings. The molecule has 1 fully saturated rings. The summed E-state index contributed by atoms with van der Waals surface area (Å²) in [5.74, 6) is 0.952. The van der Waals surface area contributed by atoms with Gasteiger partial charge >= 0.3 is 0 Å². The van der Waals surface area contributed by atoms with E-state index in [4.69, 9.17) is 16.3 Å². The molecule has 3 atom stereocenters. The van der Waals surface area contributed by atoms with E-state index in [1.807, 2.05) is 13.1 Å². The molecule has 0 saturated carbocycles. The Balaban J connectivity index is 1.72. The highest BCUT2D eigenvalue weighted by Gasteiger charge is 2.46. The maximum Gasteiger partial charge on any atom is 0.106 e. The van der Waals surface area contributed by atoms with Gasteiger partial charge in [0, 0.05) is 23.5 Å². The highest BCUT2D eigenvalue weighted by atomic mass is 35.5. The molecular formula is C16H20ClN3OS. The predicted molar refractivity (Wildman–Crippen MR) is 88.6 cm³/mol. The quantitative estimate of drug-likeness (QED) is 0.834. The molecule has 1 saturated heterocycles. The second-order valence-corrected chi connectivity index (χ2v) is 8.12. The number of hydrogen-bond donors (Lipinski definition) is 2. The Labute approximate surface area is 139 Å². The van der Waals surface area contributed by atoms with Gasteiger partial charge in [-0.25, -0.2) is 4.98 Å². The van der Waals surface area contributed by atoms with Gasteiger partial charge in [-0.05, 0) is 38.3 Å². The number of halogens is 1. The van der Waals surface area contributed by atoms with Crippen molar-refractivity contribution in [3.05, 3.63) is 38.6 Å². The minimum atomic E-state index is -0.215. The Hall–Kier alpha value is -0.880. The molecule has 4 heterocycles. The number of hydrogen-bond acceptors (Lipinski definition) is 4. The lowest BCUT2D eigenvalue weighted by molar-refractivity contribution is -0.0957. The van der Waals surface area contributed by atoms with Crippen molar-refractivity contribution in [3.63, 3.8) is 0 Å². The topological polar surface area (TPSA) is 49.9 Å². The smallest absolute Gasteiger partial charge is 0.106 e. The third-order valence-corrected chi connectivity index (χ3v) is 6.17. The van der Waals surface area contributed by atoms with Gasteiger partial charge in [-0.3, -0.25) is 0 Å². The average Bonchev–Trinajstić information content (AvgIpc) is 3.04. The van der Waals surface area contributed by atoms with Crippen molar-refractivity contribution in [1.29, 1.82) is 0 Å². The Bertz CT molecular complexity index is 697. The van der Waals surface area contributed by atoms with E-state index in [0.717, 1.165) is 41.7 Å². The predicted octanol–water partition coefficient (Wildman–Crippen LogP) is 3.71. The normalized spacial score (nSPS) is 31.4. The van der Waals surface area contributed by atoms with E-state index >= 15 is 0 Å². The summed E-state index contributed by atoms with van der Waals surface area (Å²) in [4.78, 5) is 9.12. The second-order valence-electron chi connectivity index (χ2n) is 6.44. The lowest BCUT2D eigenvalue weighted by atomic mass is 9.79. The molecule has 0 aliphatic carbocycles. The van der Waals surface area contributed by atoms with Crippen molar-refractivity contribution in [2.75, 3.05) is 6.61 Å². The second kappa shape index (κ2) is 5.34. The minimum absolute atomic E-state index is 0.209. The first-order valence-corrected chi connectivity index (χ1v) is 8.96. The van der Waals surface area contributed by atoms with Crippen molar-refractivity contribution in [2.45, 2.75) is 50.8 Å². The SMILES string of the molecule is Cc1nc([C@@H]2C[C@]3(C[C@H](C)N2)OCCc2cc(Cl)sc23)c[nH]1. The lowest BCUT2D eigenvalue weighted by Crippen LogP contribution is -2.49. The maximum absolute atomic E-state index is 6.35. The summed E-state index contributed by atoms with van der Waals surface area (Å²) in [6.07, 6.45) is 4.86. The van der Waals surface area contributed by atoms with Crippen LogP contribution in [0.3, 0.4) is 0 Å². The van der Waals surface area contributed by atoms with Crippen LogP contribution in [0.5, 0.6) is 0 Å². The van der Waals surface area contributed by atoms with E-state index in [-0.39, 0.29) is 11.6 Å². The number of thiophene rings is 1. The van der Waals surface area contributed by atoms with Crippen molar-refractivity contribution < 1.29 is 4.74 Å². The number of aromatic nitrogens is 2. The van der Waals surface area contributed by atoms with Gasteiger partial charge in [-0.15, -0.1) is 11.3 Å². The van der Waals surface area contributed by atoms with Gasteiger partial charge in [-0.2, -0.15) is 0 Å². The molecule has 2 aliphatic heterocycles. The number of piperidine rings is 1. The number of fused-ring (bicyclic) bond motifs is 2. The fourth-order valence-corrected chi connectivity index (χ4v) is 5.33. The average molecular weight is 338 g/mol. The molecule has 118 valence electrons. The third-order valence-electron chi connectivity index (χ3n) is 4.68. The number of ether oxygens (including phenoxy) is 1. The Kier molecular flexibility index (Phi) is 3.57. The molecule has 4 nitrogen and oxygen atoms in total. The zero-order chi connectivity index (χ0) is 15.3. The summed E-state index contributed by atoms with van der Waals surface area (Å²) in [5, 5.41) is 3.66. The van der Waals surface area contributed by atoms with Crippen LogP contribution >= 0.6 is 22.9 Å². The molecule has 1 spiro atoms. The summed E-state index contributed by atoms with van der Waals surface area (Å²) in [6.45, 7) is 4.99. The van der Waals surface area contributed by atoms with E-state index in [0.29, 0.717) is 6.04 Å². The van der Waals surface area contributed by atoms with Crippen LogP contribution in [0, 0.1) is 6.92 Å². The molecule has 0 amide bonds. The Morgan fingerprint density at radius 3 is 3.09 bits per heavy atom. The zero-order valence-corrected chi connectivity index (χ0v) is 14.4. The highest BCUT2D eigenvalue weighted by Crippen LogP contribution is 2.49. The molecule has 2 aromatic heterocycles. The van der Waals surface area contributed by atoms with Gasteiger partial charge in [0.15, 0.2) is 0 Å². The number of rotatable bonds is 1. The van der Waals surface area contributed by atoms with Crippen LogP contribution in [-0.2, 0) is 16.8 Å². The van der Waals surface area contributed by atoms with Crippen LogP contribution in [0.25, 0.3) is 0 Å². The number of aromatic amines is 1. The van der Waals surface area contributed by atoms with Crippen LogP contribution in [0.15, 0.2) is 12.3 Å². The van der Waals surface area contributed by atoms with Crippen molar-refractivity contribution in [2.24, 2.45) is 0 Å². The van der Waals surface area contributed by atoms with Gasteiger partial charge in [0.2, 0.25) is 0 Å². The molecule has 2 N–H and O–H groups in total. The van der Waals surface area contributed by atoms with Gasteiger partial charge in [0.1, 0.15) is 11.4 Å².